The number of fused-ring (bicyclic) bond motifs is 3. The number of rotatable bonds is 3. The van der Waals surface area contributed by atoms with Crippen LogP contribution in [-0.4, -0.2) is 71.4 Å². The number of ketones is 2. The van der Waals surface area contributed by atoms with E-state index in [4.69, 9.17) is 5.73 Å². The normalized spacial score (nSPS) is 29.1. The molecule has 0 spiro atoms. The van der Waals surface area contributed by atoms with E-state index in [-0.39, 0.29) is 16.9 Å². The lowest BCUT2D eigenvalue weighted by molar-refractivity contribution is -0.129. The number of nitrogens with two attached hydrogens (primary N) is 1. The van der Waals surface area contributed by atoms with Gasteiger partial charge in [0.05, 0.1) is 17.0 Å². The lowest BCUT2D eigenvalue weighted by Crippen LogP contribution is -2.60. The van der Waals surface area contributed by atoms with Gasteiger partial charge in [0.15, 0.2) is 11.6 Å². The number of primary amides is 1. The van der Waals surface area contributed by atoms with Gasteiger partial charge in [-0.3, -0.25) is 19.3 Å². The fraction of sp³-hybridized carbons (Fsp3) is 0.458. The van der Waals surface area contributed by atoms with Crippen LogP contribution in [0.25, 0.3) is 0 Å². The summed E-state index contributed by atoms with van der Waals surface area (Å²) in [6, 6.07) is 3.18. The number of aliphatic hydroxyl groups excluding tert-OH is 2. The Morgan fingerprint density at radius 1 is 1.12 bits per heavy atom. The number of nitrogens with zero attached hydrogens (tertiary/aromatic N) is 2. The van der Waals surface area contributed by atoms with Crippen LogP contribution in [0.5, 0.6) is 5.75 Å². The molecule has 4 unspecified atom stereocenters. The number of allylic oxidation sites excluding steroid dienone is 2. The van der Waals surface area contributed by atoms with Crippen molar-refractivity contribution >= 4 is 23.2 Å². The van der Waals surface area contributed by atoms with Crippen molar-refractivity contribution < 1.29 is 29.7 Å². The quantitative estimate of drug-likeness (QED) is 0.502. The third kappa shape index (κ3) is 2.91. The van der Waals surface area contributed by atoms with Crippen LogP contribution >= 0.6 is 0 Å². The molecule has 9 nitrogen and oxygen atoms in total. The summed E-state index contributed by atoms with van der Waals surface area (Å²) in [7, 11) is 7.10. The number of aromatic hydroxyl groups is 1. The first-order valence-corrected chi connectivity index (χ1v) is 10.8. The Labute approximate surface area is 191 Å². The second-order valence-electron chi connectivity index (χ2n) is 9.69. The van der Waals surface area contributed by atoms with E-state index in [9.17, 15) is 29.7 Å². The van der Waals surface area contributed by atoms with Gasteiger partial charge in [-0.05, 0) is 57.5 Å². The van der Waals surface area contributed by atoms with Gasteiger partial charge < -0.3 is 26.0 Å². The number of hydrogen-bond donors (Lipinski definition) is 4. The van der Waals surface area contributed by atoms with Gasteiger partial charge in [-0.1, -0.05) is 0 Å². The van der Waals surface area contributed by atoms with Gasteiger partial charge in [0.2, 0.25) is 0 Å². The number of carbonyl (C=O) groups is 3. The highest BCUT2D eigenvalue weighted by Crippen LogP contribution is 2.54. The average molecular weight is 456 g/mol. The van der Waals surface area contributed by atoms with Crippen LogP contribution in [0.1, 0.15) is 29.3 Å². The lowest BCUT2D eigenvalue weighted by atomic mass is 9.57. The Morgan fingerprint density at radius 3 is 2.30 bits per heavy atom. The van der Waals surface area contributed by atoms with Crippen molar-refractivity contribution in [1.29, 1.82) is 0 Å². The van der Waals surface area contributed by atoms with Gasteiger partial charge in [-0.25, -0.2) is 0 Å². The summed E-state index contributed by atoms with van der Waals surface area (Å²) in [5, 5.41) is 32.8. The minimum absolute atomic E-state index is 0.0784. The lowest BCUT2D eigenvalue weighted by Gasteiger charge is -2.52. The zero-order valence-corrected chi connectivity index (χ0v) is 19.3. The van der Waals surface area contributed by atoms with Crippen LogP contribution in [-0.2, 0) is 16.0 Å². The molecule has 0 saturated carbocycles. The Kier molecular flexibility index (Phi) is 5.09. The standard InChI is InChI=1S/C24H29N3O6/c1-24(27(4)5)12-9-10-8-11-13(26(2)3)6-7-14(28)16(11)19(29)15(10)20(30)17(12)21(31)18(22(24)32)23(25)33/h6-7,10,12,17,28,30,32H,8-9H2,1-5H3,(H2,25,33). The molecule has 3 aliphatic rings. The Hall–Kier alpha value is -3.33. The molecule has 1 amide bonds. The molecule has 0 bridgehead atoms. The number of carbonyl (C=O) groups excluding carboxylic acids is 3. The van der Waals surface area contributed by atoms with E-state index in [1.54, 1.807) is 32.0 Å². The highest BCUT2D eigenvalue weighted by molar-refractivity contribution is 6.22. The Balaban J connectivity index is 1.96. The number of anilines is 1. The van der Waals surface area contributed by atoms with Gasteiger partial charge in [0, 0.05) is 31.3 Å². The first-order valence-electron chi connectivity index (χ1n) is 10.8. The first-order chi connectivity index (χ1) is 15.3. The number of Topliss-reactive ketones (excluding diaryl/α,β-unsaturated/α-hetero) is 2. The van der Waals surface area contributed by atoms with Crippen molar-refractivity contribution in [3.63, 3.8) is 0 Å². The van der Waals surface area contributed by atoms with E-state index in [0.29, 0.717) is 18.4 Å². The second kappa shape index (κ2) is 7.34. The number of likely N-dealkylation sites (N-methyl/N-ethyl adjacent to an activating group) is 1. The van der Waals surface area contributed by atoms with E-state index in [2.05, 4.69) is 0 Å². The molecule has 0 fully saturated rings. The summed E-state index contributed by atoms with van der Waals surface area (Å²) in [4.78, 5) is 42.5. The summed E-state index contributed by atoms with van der Waals surface area (Å²) < 4.78 is 0. The Morgan fingerprint density at radius 2 is 1.76 bits per heavy atom. The van der Waals surface area contributed by atoms with E-state index in [0.717, 1.165) is 5.69 Å². The van der Waals surface area contributed by atoms with E-state index in [1.165, 1.54) is 6.07 Å². The number of amides is 1. The Bertz CT molecular complexity index is 1160. The molecule has 33 heavy (non-hydrogen) atoms. The molecule has 3 aliphatic carbocycles. The summed E-state index contributed by atoms with van der Waals surface area (Å²) in [5.74, 6) is -5.67. The van der Waals surface area contributed by atoms with E-state index in [1.807, 2.05) is 19.0 Å². The zero-order valence-electron chi connectivity index (χ0n) is 19.3. The largest absolute Gasteiger partial charge is 0.511 e. The van der Waals surface area contributed by atoms with Crippen LogP contribution in [0.3, 0.4) is 0 Å². The van der Waals surface area contributed by atoms with Gasteiger partial charge >= 0.3 is 0 Å². The van der Waals surface area contributed by atoms with Gasteiger partial charge in [0.1, 0.15) is 22.8 Å². The predicted molar refractivity (Wildman–Crippen MR) is 121 cm³/mol. The van der Waals surface area contributed by atoms with E-state index >= 15 is 0 Å². The number of hydrogen-bond acceptors (Lipinski definition) is 8. The van der Waals surface area contributed by atoms with E-state index < -0.39 is 57.9 Å². The molecule has 4 atom stereocenters. The molecule has 0 radical (unpaired) electrons. The average Bonchev–Trinajstić information content (AvgIpc) is 2.71. The molecular weight excluding hydrogens is 426 g/mol. The number of phenols is 1. The molecule has 5 N–H and O–H groups in total. The van der Waals surface area contributed by atoms with Crippen molar-refractivity contribution in [1.82, 2.24) is 4.90 Å². The van der Waals surface area contributed by atoms with Crippen LogP contribution in [0.15, 0.2) is 34.8 Å². The smallest absolute Gasteiger partial charge is 0.255 e. The minimum atomic E-state index is -1.20. The number of benzene rings is 1. The van der Waals surface area contributed by atoms with Crippen molar-refractivity contribution in [2.75, 3.05) is 33.1 Å². The highest BCUT2D eigenvalue weighted by atomic mass is 16.3. The number of phenolic OH excluding ortho intramolecular Hbond substituents is 1. The summed E-state index contributed by atoms with van der Waals surface area (Å²) >= 11 is 0. The minimum Gasteiger partial charge on any atom is -0.511 e. The van der Waals surface area contributed by atoms with Crippen LogP contribution in [0, 0.1) is 17.8 Å². The third-order valence-corrected chi connectivity index (χ3v) is 7.73. The van der Waals surface area contributed by atoms with Gasteiger partial charge in [-0.15, -0.1) is 0 Å². The second-order valence-corrected chi connectivity index (χ2v) is 9.69. The van der Waals surface area contributed by atoms with Gasteiger partial charge in [-0.2, -0.15) is 0 Å². The molecule has 1 aromatic rings. The maximum atomic E-state index is 13.5. The van der Waals surface area contributed by atoms with Crippen LogP contribution in [0.2, 0.25) is 0 Å². The van der Waals surface area contributed by atoms with Crippen molar-refractivity contribution in [2.45, 2.75) is 25.3 Å². The molecule has 9 heteroatoms. The molecule has 0 saturated heterocycles. The predicted octanol–water partition coefficient (Wildman–Crippen LogP) is 1.46. The van der Waals surface area contributed by atoms with Crippen LogP contribution in [0.4, 0.5) is 5.69 Å². The van der Waals surface area contributed by atoms with Crippen LogP contribution < -0.4 is 10.6 Å². The summed E-state index contributed by atoms with van der Waals surface area (Å²) in [6.07, 6.45) is 0.685. The molecule has 176 valence electrons. The molecular formula is C24H29N3O6. The molecule has 0 heterocycles. The maximum Gasteiger partial charge on any atom is 0.255 e. The fourth-order valence-corrected chi connectivity index (χ4v) is 5.84. The van der Waals surface area contributed by atoms with Crippen molar-refractivity contribution in [2.24, 2.45) is 23.5 Å². The number of aliphatic hydroxyl groups is 2. The maximum absolute atomic E-state index is 13.5. The highest BCUT2D eigenvalue weighted by Gasteiger charge is 2.59. The van der Waals surface area contributed by atoms with Crippen molar-refractivity contribution in [3.05, 3.63) is 45.9 Å². The third-order valence-electron chi connectivity index (χ3n) is 7.73. The topological polar surface area (TPSA) is 144 Å². The molecule has 0 aromatic heterocycles. The fourth-order valence-electron chi connectivity index (χ4n) is 5.84. The summed E-state index contributed by atoms with van der Waals surface area (Å²) in [6.45, 7) is 1.70. The molecule has 0 aliphatic heterocycles. The first kappa shape index (κ1) is 22.8. The molecule has 4 rings (SSSR count). The zero-order chi connectivity index (χ0) is 24.6. The van der Waals surface area contributed by atoms with Crippen molar-refractivity contribution in [3.8, 4) is 5.75 Å². The SMILES string of the molecule is CN(C)c1ccc(O)c2c1CC1CC3C(C(=O)C(C(N)=O)=C(O)C3(C)N(C)C)C(O)=C1C2=O. The van der Waals surface area contributed by atoms with Gasteiger partial charge in [0.25, 0.3) is 5.91 Å². The monoisotopic (exact) mass is 455 g/mol. The summed E-state index contributed by atoms with van der Waals surface area (Å²) in [5.41, 5.74) is 5.35. The molecule has 1 aromatic carbocycles.